The van der Waals surface area contributed by atoms with Crippen molar-refractivity contribution in [2.75, 3.05) is 11.9 Å². The van der Waals surface area contributed by atoms with Crippen LogP contribution in [0, 0.1) is 11.3 Å². The van der Waals surface area contributed by atoms with E-state index in [0.29, 0.717) is 27.9 Å². The minimum Gasteiger partial charge on any atom is -0.390 e. The van der Waals surface area contributed by atoms with E-state index in [-0.39, 0.29) is 16.7 Å². The lowest BCUT2D eigenvalue weighted by molar-refractivity contribution is 0.00196. The van der Waals surface area contributed by atoms with Gasteiger partial charge in [0.1, 0.15) is 27.9 Å². The van der Waals surface area contributed by atoms with Gasteiger partial charge in [-0.3, -0.25) is 9.78 Å². The van der Waals surface area contributed by atoms with Crippen LogP contribution < -0.4 is 10.5 Å². The number of nitriles is 1. The van der Waals surface area contributed by atoms with Crippen molar-refractivity contribution in [2.24, 2.45) is 12.2 Å². The number of anilines is 1. The maximum absolute atomic E-state index is 12.6. The third-order valence-electron chi connectivity index (χ3n) is 5.97. The second-order valence-electron chi connectivity index (χ2n) is 9.80. The SMILES string of the molecule is CC(C)(C)O/N=C/c1ccccn1.CN(c1c(C#N)c(=O)n(C)c2ccc(Cl)nc12)C1CCCCC1. The molecule has 0 N–H and O–H groups in total. The summed E-state index contributed by atoms with van der Waals surface area (Å²) < 4.78 is 1.47. The van der Waals surface area contributed by atoms with E-state index in [0.717, 1.165) is 18.5 Å². The molecule has 3 aromatic rings. The third-order valence-corrected chi connectivity index (χ3v) is 6.18. The number of aryl methyl sites for hydroxylation is 1. The van der Waals surface area contributed by atoms with Crippen molar-refractivity contribution in [1.82, 2.24) is 14.5 Å². The number of oxime groups is 1. The first kappa shape index (κ1) is 27.2. The molecule has 0 spiro atoms. The topological polar surface area (TPSA) is 96.4 Å². The van der Waals surface area contributed by atoms with Crippen LogP contribution in [0.3, 0.4) is 0 Å². The van der Waals surface area contributed by atoms with Crippen molar-refractivity contribution in [3.05, 3.63) is 63.3 Å². The fraction of sp³-hybridized carbons (Fsp3) is 0.444. The number of halogens is 1. The van der Waals surface area contributed by atoms with Gasteiger partial charge in [-0.15, -0.1) is 0 Å². The summed E-state index contributed by atoms with van der Waals surface area (Å²) in [6.07, 6.45) is 9.06. The van der Waals surface area contributed by atoms with Gasteiger partial charge >= 0.3 is 0 Å². The van der Waals surface area contributed by atoms with Crippen molar-refractivity contribution in [3.63, 3.8) is 0 Å². The molecule has 0 saturated heterocycles. The molecular weight excluding hydrogens is 476 g/mol. The molecule has 0 aliphatic heterocycles. The molecule has 1 saturated carbocycles. The zero-order chi connectivity index (χ0) is 26.3. The van der Waals surface area contributed by atoms with Crippen LogP contribution >= 0.6 is 11.6 Å². The highest BCUT2D eigenvalue weighted by Gasteiger charge is 2.25. The molecule has 3 heterocycles. The molecule has 1 aliphatic rings. The molecular formula is C27H33ClN6O2. The molecule has 0 amide bonds. The molecule has 0 unspecified atom stereocenters. The second kappa shape index (κ2) is 12.0. The van der Waals surface area contributed by atoms with E-state index in [4.69, 9.17) is 16.4 Å². The van der Waals surface area contributed by atoms with Crippen LogP contribution in [-0.4, -0.2) is 39.4 Å². The van der Waals surface area contributed by atoms with Crippen LogP contribution in [0.15, 0.2) is 46.5 Å². The summed E-state index contributed by atoms with van der Waals surface area (Å²) in [7, 11) is 3.61. The largest absolute Gasteiger partial charge is 0.390 e. The smallest absolute Gasteiger partial charge is 0.270 e. The first-order valence-corrected chi connectivity index (χ1v) is 12.4. The van der Waals surface area contributed by atoms with Gasteiger partial charge in [0.2, 0.25) is 0 Å². The first-order valence-electron chi connectivity index (χ1n) is 12.1. The molecule has 8 nitrogen and oxygen atoms in total. The van der Waals surface area contributed by atoms with Crippen LogP contribution in [0.25, 0.3) is 11.0 Å². The molecule has 36 heavy (non-hydrogen) atoms. The van der Waals surface area contributed by atoms with Crippen molar-refractivity contribution in [3.8, 4) is 6.07 Å². The maximum atomic E-state index is 12.6. The summed E-state index contributed by atoms with van der Waals surface area (Å²) in [6, 6.07) is 11.5. The van der Waals surface area contributed by atoms with Gasteiger partial charge in [0, 0.05) is 26.3 Å². The molecule has 190 valence electrons. The predicted octanol–water partition coefficient (Wildman–Crippen LogP) is 5.46. The summed E-state index contributed by atoms with van der Waals surface area (Å²) in [5, 5.41) is 13.7. The summed E-state index contributed by atoms with van der Waals surface area (Å²) in [6.45, 7) is 5.84. The van der Waals surface area contributed by atoms with Gasteiger partial charge in [-0.25, -0.2) is 4.98 Å². The molecule has 9 heteroatoms. The average Bonchev–Trinajstić information content (AvgIpc) is 2.86. The van der Waals surface area contributed by atoms with Crippen LogP contribution in [0.1, 0.15) is 64.1 Å². The van der Waals surface area contributed by atoms with E-state index in [9.17, 15) is 10.1 Å². The van der Waals surface area contributed by atoms with Gasteiger partial charge in [-0.1, -0.05) is 42.1 Å². The zero-order valence-corrected chi connectivity index (χ0v) is 22.3. The third kappa shape index (κ3) is 6.82. The molecule has 1 fully saturated rings. The van der Waals surface area contributed by atoms with Gasteiger partial charge < -0.3 is 14.3 Å². The van der Waals surface area contributed by atoms with E-state index in [1.165, 1.54) is 23.8 Å². The normalized spacial score (nSPS) is 14.2. The van der Waals surface area contributed by atoms with Gasteiger partial charge in [0.15, 0.2) is 0 Å². The molecule has 0 radical (unpaired) electrons. The fourth-order valence-corrected chi connectivity index (χ4v) is 4.30. The Morgan fingerprint density at radius 2 is 1.94 bits per heavy atom. The van der Waals surface area contributed by atoms with Crippen molar-refractivity contribution >= 4 is 34.5 Å². The summed E-state index contributed by atoms with van der Waals surface area (Å²) >= 11 is 6.07. The number of nitrogens with zero attached hydrogens (tertiary/aromatic N) is 6. The fourth-order valence-electron chi connectivity index (χ4n) is 4.16. The first-order chi connectivity index (χ1) is 17.1. The van der Waals surface area contributed by atoms with E-state index in [2.05, 4.69) is 26.1 Å². The highest BCUT2D eigenvalue weighted by molar-refractivity contribution is 6.29. The Kier molecular flexibility index (Phi) is 9.05. The number of aromatic nitrogens is 3. The Hall–Kier alpha value is -3.44. The van der Waals surface area contributed by atoms with Crippen molar-refractivity contribution in [2.45, 2.75) is 64.5 Å². The number of pyridine rings is 3. The predicted molar refractivity (Wildman–Crippen MR) is 145 cm³/mol. The molecule has 0 atom stereocenters. The van der Waals surface area contributed by atoms with Crippen LogP contribution in [-0.2, 0) is 11.9 Å². The van der Waals surface area contributed by atoms with Crippen molar-refractivity contribution < 1.29 is 4.84 Å². The lowest BCUT2D eigenvalue weighted by Gasteiger charge is -2.33. The van der Waals surface area contributed by atoms with E-state index >= 15 is 0 Å². The standard InChI is InChI=1S/C17H19ClN4O.C10H14N2O/c1-21(11-6-4-3-5-7-11)16-12(10-19)17(23)22(2)13-8-9-14(18)20-15(13)16;1-10(2,3)13-12-8-9-6-4-5-7-11-9/h8-9,11H,3-7H2,1-2H3;4-8H,1-3H3/b;12-8+. The Bertz CT molecular complexity index is 1300. The Morgan fingerprint density at radius 3 is 2.56 bits per heavy atom. The minimum atomic E-state index is -0.290. The van der Waals surface area contributed by atoms with Gasteiger partial charge in [-0.05, 0) is 57.9 Å². The lowest BCUT2D eigenvalue weighted by atomic mass is 9.93. The van der Waals surface area contributed by atoms with Crippen LogP contribution in [0.2, 0.25) is 5.15 Å². The molecule has 4 rings (SSSR count). The van der Waals surface area contributed by atoms with Crippen molar-refractivity contribution in [1.29, 1.82) is 5.26 Å². The summed E-state index contributed by atoms with van der Waals surface area (Å²) in [5.41, 5.74) is 2.32. The number of hydrogen-bond acceptors (Lipinski definition) is 7. The minimum absolute atomic E-state index is 0.142. The van der Waals surface area contributed by atoms with Gasteiger partial charge in [-0.2, -0.15) is 5.26 Å². The second-order valence-corrected chi connectivity index (χ2v) is 10.2. The monoisotopic (exact) mass is 508 g/mol. The summed E-state index contributed by atoms with van der Waals surface area (Å²) in [5.74, 6) is 0. The molecule has 0 bridgehead atoms. The maximum Gasteiger partial charge on any atom is 0.270 e. The highest BCUT2D eigenvalue weighted by Crippen LogP contribution is 2.32. The number of hydrogen-bond donors (Lipinski definition) is 0. The van der Waals surface area contributed by atoms with E-state index < -0.39 is 0 Å². The Balaban J connectivity index is 0.000000236. The quantitative estimate of drug-likeness (QED) is 0.264. The van der Waals surface area contributed by atoms with Crippen LogP contribution in [0.4, 0.5) is 5.69 Å². The highest BCUT2D eigenvalue weighted by atomic mass is 35.5. The molecule has 1 aliphatic carbocycles. The lowest BCUT2D eigenvalue weighted by Crippen LogP contribution is -2.36. The number of fused-ring (bicyclic) bond motifs is 1. The molecule has 3 aromatic heterocycles. The van der Waals surface area contributed by atoms with E-state index in [1.807, 2.05) is 46.0 Å². The van der Waals surface area contributed by atoms with Gasteiger partial charge in [0.05, 0.1) is 23.1 Å². The zero-order valence-electron chi connectivity index (χ0n) is 21.5. The van der Waals surface area contributed by atoms with Crippen LogP contribution in [0.5, 0.6) is 0 Å². The Morgan fingerprint density at radius 1 is 1.22 bits per heavy atom. The van der Waals surface area contributed by atoms with E-state index in [1.54, 1.807) is 31.6 Å². The average molecular weight is 509 g/mol. The number of rotatable bonds is 4. The molecule has 0 aromatic carbocycles. The Labute approximate surface area is 217 Å². The summed E-state index contributed by atoms with van der Waals surface area (Å²) in [4.78, 5) is 28.3. The van der Waals surface area contributed by atoms with Gasteiger partial charge in [0.25, 0.3) is 5.56 Å².